The van der Waals surface area contributed by atoms with Crippen LogP contribution in [0.2, 0.25) is 0 Å². The van der Waals surface area contributed by atoms with Gasteiger partial charge in [-0.3, -0.25) is 0 Å². The summed E-state index contributed by atoms with van der Waals surface area (Å²) in [6.07, 6.45) is 35.8. The summed E-state index contributed by atoms with van der Waals surface area (Å²) >= 11 is 0. The highest BCUT2D eigenvalue weighted by Gasteiger charge is 2.45. The first-order chi connectivity index (χ1) is 20.9. The Balaban J connectivity index is 0.00000368. The van der Waals surface area contributed by atoms with E-state index >= 15 is 0 Å². The summed E-state index contributed by atoms with van der Waals surface area (Å²) < 4.78 is 2.46. The van der Waals surface area contributed by atoms with E-state index in [9.17, 15) is 0 Å². The zero-order valence-electron chi connectivity index (χ0n) is 32.5. The Hall–Kier alpha value is 0.880. The third kappa shape index (κ3) is 11.2. The van der Waals surface area contributed by atoms with E-state index in [-0.39, 0.29) is 34.0 Å². The lowest BCUT2D eigenvalue weighted by Crippen LogP contribution is -3.00. The summed E-state index contributed by atoms with van der Waals surface area (Å²) in [5.74, 6) is 3.92. The molecule has 4 aliphatic carbocycles. The van der Waals surface area contributed by atoms with Crippen molar-refractivity contribution in [1.29, 1.82) is 0 Å². The van der Waals surface area contributed by atoms with E-state index < -0.39 is 0 Å². The number of halogens is 2. The van der Waals surface area contributed by atoms with E-state index in [1.165, 1.54) is 138 Å². The van der Waals surface area contributed by atoms with Crippen molar-refractivity contribution in [2.75, 3.05) is 41.3 Å². The Morgan fingerprint density at radius 3 is 1.17 bits per heavy atom. The van der Waals surface area contributed by atoms with Gasteiger partial charge in [-0.15, -0.1) is 0 Å². The molecule has 0 aromatic heterocycles. The second kappa shape index (κ2) is 19.5. The molecule has 2 spiro atoms. The molecule has 0 aromatic rings. The van der Waals surface area contributed by atoms with Crippen LogP contribution in [0.1, 0.15) is 182 Å². The van der Waals surface area contributed by atoms with Crippen LogP contribution in [0.25, 0.3) is 0 Å². The zero-order valence-corrected chi connectivity index (χ0v) is 35.7. The summed E-state index contributed by atoms with van der Waals surface area (Å²) in [4.78, 5) is 0. The number of hydrogen-bond acceptors (Lipinski definition) is 0. The molecule has 0 bridgehead atoms. The van der Waals surface area contributed by atoms with Gasteiger partial charge >= 0.3 is 0 Å². The molecule has 6 unspecified atom stereocenters. The number of nitrogens with zero attached hydrogens (tertiary/aromatic N) is 2. The van der Waals surface area contributed by atoms with Crippen LogP contribution in [0.3, 0.4) is 0 Å². The van der Waals surface area contributed by atoms with Crippen LogP contribution in [0.5, 0.6) is 0 Å². The van der Waals surface area contributed by atoms with Crippen molar-refractivity contribution < 1.29 is 42.9 Å². The highest BCUT2D eigenvalue weighted by molar-refractivity contribution is 4.95. The number of hydrogen-bond donors (Lipinski definition) is 0. The second-order valence-corrected chi connectivity index (χ2v) is 19.1. The van der Waals surface area contributed by atoms with Gasteiger partial charge in [-0.25, -0.2) is 0 Å². The first kappa shape index (κ1) is 43.0. The molecule has 6 atom stereocenters. The minimum atomic E-state index is 0. The lowest BCUT2D eigenvalue weighted by molar-refractivity contribution is -0.914. The van der Waals surface area contributed by atoms with E-state index in [0.29, 0.717) is 0 Å². The van der Waals surface area contributed by atoms with Crippen molar-refractivity contribution in [3.63, 3.8) is 0 Å². The van der Waals surface area contributed by atoms with Gasteiger partial charge in [0, 0.05) is 0 Å². The van der Waals surface area contributed by atoms with E-state index in [4.69, 9.17) is 0 Å². The molecule has 0 N–H and O–H groups in total. The average Bonchev–Trinajstić information content (AvgIpc) is 2.99. The minimum Gasteiger partial charge on any atom is -1.00 e. The number of quaternary nitrogens is 2. The van der Waals surface area contributed by atoms with E-state index in [0.717, 1.165) is 46.6 Å². The molecule has 4 heteroatoms. The van der Waals surface area contributed by atoms with Gasteiger partial charge < -0.3 is 42.9 Å². The summed E-state index contributed by atoms with van der Waals surface area (Å²) in [7, 11) is 10.2. The quantitative estimate of drug-likeness (QED) is 0.146. The van der Waals surface area contributed by atoms with Crippen molar-refractivity contribution in [2.45, 2.75) is 194 Å². The molecule has 0 heterocycles. The largest absolute Gasteiger partial charge is 1.00 e. The lowest BCUT2D eigenvalue weighted by atomic mass is 9.55. The number of unbranched alkanes of at least 4 members (excludes halogenated alkanes) is 3. The van der Waals surface area contributed by atoms with Gasteiger partial charge in [0.2, 0.25) is 0 Å². The van der Waals surface area contributed by atoms with Crippen molar-refractivity contribution in [2.24, 2.45) is 34.5 Å². The van der Waals surface area contributed by atoms with E-state index in [1.54, 1.807) is 38.5 Å². The SMILES string of the molecule is CC1CCCC2(CCCCC2)C1CCC(C)[N+](C)(C)CCCCCC[N+](C)(C)C(C)CCC1C(C)CCCC12CCCCC2.[Br-].[Br-]. The van der Waals surface area contributed by atoms with Crippen LogP contribution in [0.4, 0.5) is 0 Å². The Bertz CT molecular complexity index is 748. The summed E-state index contributed by atoms with van der Waals surface area (Å²) in [5.41, 5.74) is 1.45. The van der Waals surface area contributed by atoms with Crippen molar-refractivity contribution in [3.8, 4) is 0 Å². The Kier molecular flexibility index (Phi) is 18.2. The monoisotopic (exact) mass is 772 g/mol. The summed E-state index contributed by atoms with van der Waals surface area (Å²) in [6.45, 7) is 13.1. The maximum atomic E-state index is 2.61. The molecule has 0 radical (unpaired) electrons. The standard InChI is InChI=1S/C42H82N2.2BrH/c1-35-21-19-31-41(27-13-11-14-28-41)39(35)25-23-37(3)43(5,6)33-17-9-10-18-34-44(7,8)38(4)24-26-40-36(2)22-20-32-42(40)29-15-12-16-30-42;;/h35-40H,9-34H2,1-8H3;2*1H/q+2;;/p-2. The molecule has 46 heavy (non-hydrogen) atoms. The molecule has 4 rings (SSSR count). The summed E-state index contributed by atoms with van der Waals surface area (Å²) in [6, 6.07) is 1.58. The van der Waals surface area contributed by atoms with Crippen molar-refractivity contribution in [3.05, 3.63) is 0 Å². The molecule has 274 valence electrons. The fourth-order valence-electron chi connectivity index (χ4n) is 11.8. The highest BCUT2D eigenvalue weighted by atomic mass is 79.9. The fraction of sp³-hybridized carbons (Fsp3) is 1.00. The van der Waals surface area contributed by atoms with Crippen LogP contribution >= 0.6 is 0 Å². The van der Waals surface area contributed by atoms with Crippen LogP contribution in [0.15, 0.2) is 0 Å². The average molecular weight is 775 g/mol. The maximum Gasteiger partial charge on any atom is 0.0857 e. The molecule has 0 amide bonds. The third-order valence-corrected chi connectivity index (χ3v) is 15.7. The fourth-order valence-corrected chi connectivity index (χ4v) is 11.8. The topological polar surface area (TPSA) is 0 Å². The molecule has 4 saturated carbocycles. The predicted molar refractivity (Wildman–Crippen MR) is 194 cm³/mol. The smallest absolute Gasteiger partial charge is 0.0857 e. The van der Waals surface area contributed by atoms with Gasteiger partial charge in [-0.05, 0) is 138 Å². The predicted octanol–water partition coefficient (Wildman–Crippen LogP) is 5.82. The molecular formula is C42H82Br2N2. The first-order valence-corrected chi connectivity index (χ1v) is 20.6. The van der Waals surface area contributed by atoms with Gasteiger partial charge in [0.25, 0.3) is 0 Å². The van der Waals surface area contributed by atoms with Gasteiger partial charge in [-0.2, -0.15) is 0 Å². The van der Waals surface area contributed by atoms with Gasteiger partial charge in [0.1, 0.15) is 0 Å². The molecule has 0 aromatic carbocycles. The van der Waals surface area contributed by atoms with E-state index in [1.807, 2.05) is 0 Å². The maximum absolute atomic E-state index is 2.61. The number of rotatable bonds is 15. The molecule has 4 fully saturated rings. The molecule has 4 aliphatic rings. The van der Waals surface area contributed by atoms with E-state index in [2.05, 4.69) is 55.9 Å². The normalized spacial score (nSPS) is 29.5. The van der Waals surface area contributed by atoms with Crippen LogP contribution in [-0.4, -0.2) is 62.3 Å². The molecule has 2 nitrogen and oxygen atoms in total. The molecule has 0 saturated heterocycles. The van der Waals surface area contributed by atoms with Gasteiger partial charge in [-0.1, -0.05) is 78.1 Å². The van der Waals surface area contributed by atoms with Crippen LogP contribution in [0, 0.1) is 34.5 Å². The summed E-state index contributed by atoms with van der Waals surface area (Å²) in [5, 5.41) is 0. The Morgan fingerprint density at radius 1 is 0.500 bits per heavy atom. The first-order valence-electron chi connectivity index (χ1n) is 20.6. The van der Waals surface area contributed by atoms with Crippen molar-refractivity contribution >= 4 is 0 Å². The molecule has 0 aliphatic heterocycles. The second-order valence-electron chi connectivity index (χ2n) is 19.1. The van der Waals surface area contributed by atoms with Gasteiger partial charge in [0.15, 0.2) is 0 Å². The zero-order chi connectivity index (χ0) is 31.8. The van der Waals surface area contributed by atoms with Crippen molar-refractivity contribution in [1.82, 2.24) is 0 Å². The third-order valence-electron chi connectivity index (χ3n) is 15.7. The molecular weight excluding hydrogens is 692 g/mol. The Morgan fingerprint density at radius 2 is 0.826 bits per heavy atom. The van der Waals surface area contributed by atoms with Gasteiger partial charge in [0.05, 0.1) is 53.4 Å². The van der Waals surface area contributed by atoms with Crippen LogP contribution < -0.4 is 34.0 Å². The van der Waals surface area contributed by atoms with Crippen LogP contribution in [-0.2, 0) is 0 Å². The minimum absolute atomic E-state index is 0. The Labute approximate surface area is 311 Å². The highest BCUT2D eigenvalue weighted by Crippen LogP contribution is 2.56. The lowest BCUT2D eigenvalue weighted by Gasteiger charge is -2.51.